The van der Waals surface area contributed by atoms with Crippen LogP contribution in [0.2, 0.25) is 0 Å². The Morgan fingerprint density at radius 3 is 2.76 bits per heavy atom. The second-order valence-corrected chi connectivity index (χ2v) is 10.2. The number of nitrogens with zero attached hydrogens (tertiary/aromatic N) is 5. The lowest BCUT2D eigenvalue weighted by molar-refractivity contribution is -0.146. The van der Waals surface area contributed by atoms with Gasteiger partial charge >= 0.3 is 6.09 Å². The van der Waals surface area contributed by atoms with Crippen LogP contribution in [0.5, 0.6) is 0 Å². The third-order valence-corrected chi connectivity index (χ3v) is 7.79. The Morgan fingerprint density at radius 1 is 1.16 bits per heavy atom. The summed E-state index contributed by atoms with van der Waals surface area (Å²) in [4.78, 5) is 30.0. The fourth-order valence-electron chi connectivity index (χ4n) is 5.91. The van der Waals surface area contributed by atoms with Crippen molar-refractivity contribution in [2.24, 2.45) is 5.92 Å². The zero-order valence-corrected chi connectivity index (χ0v) is 21.3. The number of aliphatic hydroxyl groups is 1. The molecule has 3 aliphatic rings. The number of carbonyl (C=O) groups excluding carboxylic acids is 2. The molecule has 0 radical (unpaired) electrons. The number of anilines is 2. The number of rotatable bonds is 8. The van der Waals surface area contributed by atoms with Gasteiger partial charge in [0.25, 0.3) is 5.91 Å². The number of cyclic esters (lactones) is 1. The highest BCUT2D eigenvalue weighted by Crippen LogP contribution is 2.54. The minimum absolute atomic E-state index is 0.0304. The number of amides is 2. The molecule has 1 N–H and O–H groups in total. The molecule has 38 heavy (non-hydrogen) atoms. The molecule has 2 fully saturated rings. The van der Waals surface area contributed by atoms with Crippen LogP contribution in [0.3, 0.4) is 0 Å². The van der Waals surface area contributed by atoms with Gasteiger partial charge in [-0.05, 0) is 36.6 Å². The third kappa shape index (κ3) is 4.13. The summed E-state index contributed by atoms with van der Waals surface area (Å²) in [6, 6.07) is 15.7. The number of aryl methyl sites for hydroxylation is 1. The molecule has 0 saturated carbocycles. The number of aliphatic hydroxyl groups excluding tert-OH is 1. The van der Waals surface area contributed by atoms with Gasteiger partial charge in [0.2, 0.25) is 0 Å². The molecule has 3 aliphatic heterocycles. The Balaban J connectivity index is 1.31. The van der Waals surface area contributed by atoms with Crippen molar-refractivity contribution < 1.29 is 24.2 Å². The summed E-state index contributed by atoms with van der Waals surface area (Å²) in [6.45, 7) is 3.95. The van der Waals surface area contributed by atoms with E-state index in [9.17, 15) is 9.59 Å². The van der Waals surface area contributed by atoms with Gasteiger partial charge in [-0.15, -0.1) is 5.10 Å². The van der Waals surface area contributed by atoms with E-state index in [-0.39, 0.29) is 30.6 Å². The Hall–Kier alpha value is -3.76. The smallest absolute Gasteiger partial charge is 0.414 e. The molecule has 2 saturated heterocycles. The number of aromatic nitrogens is 3. The van der Waals surface area contributed by atoms with Crippen molar-refractivity contribution in [2.45, 2.75) is 51.0 Å². The van der Waals surface area contributed by atoms with Gasteiger partial charge in [-0.25, -0.2) is 4.79 Å². The van der Waals surface area contributed by atoms with Gasteiger partial charge in [0.1, 0.15) is 6.61 Å². The number of hydrogen-bond donors (Lipinski definition) is 1. The lowest BCUT2D eigenvalue weighted by Gasteiger charge is -2.28. The summed E-state index contributed by atoms with van der Waals surface area (Å²) in [5, 5.41) is 17.4. The van der Waals surface area contributed by atoms with Crippen molar-refractivity contribution in [1.29, 1.82) is 0 Å². The van der Waals surface area contributed by atoms with E-state index in [4.69, 9.17) is 14.6 Å². The minimum Gasteiger partial charge on any atom is -0.447 e. The highest BCUT2D eigenvalue weighted by molar-refractivity contribution is 6.08. The molecule has 0 bridgehead atoms. The number of hydrogen-bond acceptors (Lipinski definition) is 7. The van der Waals surface area contributed by atoms with E-state index in [2.05, 4.69) is 17.2 Å². The van der Waals surface area contributed by atoms with Gasteiger partial charge in [0.15, 0.2) is 5.60 Å². The summed E-state index contributed by atoms with van der Waals surface area (Å²) >= 11 is 0. The molecule has 2 aromatic carbocycles. The van der Waals surface area contributed by atoms with Crippen LogP contribution >= 0.6 is 0 Å². The van der Waals surface area contributed by atoms with Crippen LogP contribution in [0.15, 0.2) is 54.7 Å². The molecule has 10 heteroatoms. The Morgan fingerprint density at radius 2 is 2.00 bits per heavy atom. The first-order valence-electron chi connectivity index (χ1n) is 13.1. The molecular formula is C28H31N5O5. The highest BCUT2D eigenvalue weighted by atomic mass is 16.6. The Labute approximate surface area is 220 Å². The lowest BCUT2D eigenvalue weighted by Crippen LogP contribution is -2.43. The molecule has 0 unspecified atom stereocenters. The normalized spacial score (nSPS) is 24.5. The van der Waals surface area contributed by atoms with Gasteiger partial charge in [0, 0.05) is 42.9 Å². The molecule has 4 heterocycles. The van der Waals surface area contributed by atoms with Crippen molar-refractivity contribution in [3.63, 3.8) is 0 Å². The SMILES string of the molecule is C[C@H]1C[C@@H](CCn2cc(CCO)nn2)O[C@]12C(=O)N(Cc1ccccc1)c1ccc(N3CCOC3=O)cc12. The zero-order chi connectivity index (χ0) is 26.3. The second-order valence-electron chi connectivity index (χ2n) is 10.2. The van der Waals surface area contributed by atoms with E-state index in [0.29, 0.717) is 44.8 Å². The van der Waals surface area contributed by atoms with Crippen LogP contribution in [-0.2, 0) is 39.4 Å². The summed E-state index contributed by atoms with van der Waals surface area (Å²) in [6.07, 6.45) is 3.17. The maximum absolute atomic E-state index is 14.2. The molecule has 1 aromatic heterocycles. The van der Waals surface area contributed by atoms with Gasteiger partial charge in [0.05, 0.1) is 30.6 Å². The first kappa shape index (κ1) is 24.6. The van der Waals surface area contributed by atoms with E-state index in [1.807, 2.05) is 59.6 Å². The van der Waals surface area contributed by atoms with E-state index in [1.54, 1.807) is 9.58 Å². The fraction of sp³-hybridized carbons (Fsp3) is 0.429. The summed E-state index contributed by atoms with van der Waals surface area (Å²) in [5.41, 5.74) is 2.97. The van der Waals surface area contributed by atoms with Crippen LogP contribution < -0.4 is 9.80 Å². The number of ether oxygens (including phenoxy) is 2. The monoisotopic (exact) mass is 517 g/mol. The molecule has 2 amide bonds. The standard InChI is InChI=1S/C28H31N5O5/c1-19-15-23(9-11-31-18-21(10-13-34)29-30-31)38-28(19)24-16-22(32-12-14-37-27(32)36)7-8-25(24)33(26(28)35)17-20-5-3-2-4-6-20/h2-8,16,18-19,23,34H,9-15,17H2,1H3/t19-,23+,28+/m0/s1. The maximum atomic E-state index is 14.2. The fourth-order valence-corrected chi connectivity index (χ4v) is 5.91. The summed E-state index contributed by atoms with van der Waals surface area (Å²) in [5.74, 6) is -0.139. The predicted octanol–water partition coefficient (Wildman–Crippen LogP) is 3.03. The van der Waals surface area contributed by atoms with E-state index in [1.165, 1.54) is 0 Å². The van der Waals surface area contributed by atoms with Gasteiger partial charge < -0.3 is 19.5 Å². The first-order valence-corrected chi connectivity index (χ1v) is 13.1. The van der Waals surface area contributed by atoms with Crippen LogP contribution in [0.4, 0.5) is 16.2 Å². The van der Waals surface area contributed by atoms with Gasteiger partial charge in [-0.1, -0.05) is 42.5 Å². The van der Waals surface area contributed by atoms with Crippen molar-refractivity contribution in [3.8, 4) is 0 Å². The van der Waals surface area contributed by atoms with Crippen molar-refractivity contribution in [1.82, 2.24) is 15.0 Å². The van der Waals surface area contributed by atoms with Crippen molar-refractivity contribution in [3.05, 3.63) is 71.5 Å². The third-order valence-electron chi connectivity index (χ3n) is 7.79. The Bertz CT molecular complexity index is 1340. The molecule has 198 valence electrons. The van der Waals surface area contributed by atoms with Gasteiger partial charge in [-0.3, -0.25) is 14.4 Å². The second kappa shape index (κ2) is 9.85. The molecule has 6 rings (SSSR count). The summed E-state index contributed by atoms with van der Waals surface area (Å²) in [7, 11) is 0. The number of carbonyl (C=O) groups is 2. The van der Waals surface area contributed by atoms with Crippen molar-refractivity contribution in [2.75, 3.05) is 29.6 Å². The van der Waals surface area contributed by atoms with E-state index >= 15 is 0 Å². The minimum atomic E-state index is -1.13. The molecular weight excluding hydrogens is 486 g/mol. The van der Waals surface area contributed by atoms with Crippen LogP contribution in [0.1, 0.15) is 36.6 Å². The molecule has 10 nitrogen and oxygen atoms in total. The van der Waals surface area contributed by atoms with Crippen LogP contribution in [-0.4, -0.2) is 58.0 Å². The van der Waals surface area contributed by atoms with Crippen LogP contribution in [0, 0.1) is 5.92 Å². The largest absolute Gasteiger partial charge is 0.447 e. The average molecular weight is 518 g/mol. The van der Waals surface area contributed by atoms with E-state index < -0.39 is 5.60 Å². The van der Waals surface area contributed by atoms with Crippen molar-refractivity contribution >= 4 is 23.4 Å². The maximum Gasteiger partial charge on any atom is 0.414 e. The topological polar surface area (TPSA) is 110 Å². The molecule has 3 aromatic rings. The Kier molecular flexibility index (Phi) is 6.37. The first-order chi connectivity index (χ1) is 18.5. The number of benzene rings is 2. The van der Waals surface area contributed by atoms with Gasteiger partial charge in [-0.2, -0.15) is 0 Å². The highest BCUT2D eigenvalue weighted by Gasteiger charge is 2.60. The van der Waals surface area contributed by atoms with E-state index in [0.717, 1.165) is 28.9 Å². The molecule has 0 aliphatic carbocycles. The molecule has 3 atom stereocenters. The zero-order valence-electron chi connectivity index (χ0n) is 21.3. The lowest BCUT2D eigenvalue weighted by atomic mass is 9.82. The number of fused-ring (bicyclic) bond motifs is 2. The summed E-state index contributed by atoms with van der Waals surface area (Å²) < 4.78 is 13.6. The predicted molar refractivity (Wildman–Crippen MR) is 139 cm³/mol. The quantitative estimate of drug-likeness (QED) is 0.489. The molecule has 1 spiro atoms. The average Bonchev–Trinajstić information content (AvgIpc) is 3.68. The van der Waals surface area contributed by atoms with Crippen LogP contribution in [0.25, 0.3) is 0 Å².